The monoisotopic (exact) mass is 712 g/mol. The normalized spacial score (nSPS) is 11.6. The van der Waals surface area contributed by atoms with Gasteiger partial charge in [-0.25, -0.2) is 0 Å². The van der Waals surface area contributed by atoms with Gasteiger partial charge >= 0.3 is 0 Å². The molecule has 0 unspecified atom stereocenters. The molecule has 0 aliphatic rings. The zero-order valence-electron chi connectivity index (χ0n) is 30.7. The number of fused-ring (bicyclic) bond motifs is 7. The number of rotatable bonds is 6. The highest BCUT2D eigenvalue weighted by atomic mass is 15.0. The molecule has 2 heterocycles. The average Bonchev–Trinajstić information content (AvgIpc) is 3.80. The number of hydrogen-bond donors (Lipinski definition) is 0. The van der Waals surface area contributed by atoms with Crippen LogP contribution in [0, 0.1) is 0 Å². The Labute approximate surface area is 325 Å². The first-order valence-corrected chi connectivity index (χ1v) is 19.3. The van der Waals surface area contributed by atoms with Gasteiger partial charge in [-0.05, 0) is 105 Å². The van der Waals surface area contributed by atoms with Crippen LogP contribution in [0.5, 0.6) is 0 Å². The Hall–Kier alpha value is -7.42. The number of nitrogens with zero attached hydrogens (tertiary/aromatic N) is 2. The summed E-state index contributed by atoms with van der Waals surface area (Å²) < 4.78 is 4.94. The zero-order valence-corrected chi connectivity index (χ0v) is 30.7. The lowest BCUT2D eigenvalue weighted by Gasteiger charge is -2.15. The number of benzene rings is 9. The van der Waals surface area contributed by atoms with Crippen molar-refractivity contribution in [2.75, 3.05) is 0 Å². The molecule has 0 fully saturated rings. The van der Waals surface area contributed by atoms with Crippen molar-refractivity contribution in [3.8, 4) is 55.9 Å². The lowest BCUT2D eigenvalue weighted by atomic mass is 9.98. The van der Waals surface area contributed by atoms with Crippen molar-refractivity contribution in [3.63, 3.8) is 0 Å². The molecule has 0 bridgehead atoms. The minimum absolute atomic E-state index is 1.14. The minimum Gasteiger partial charge on any atom is -0.309 e. The van der Waals surface area contributed by atoms with Gasteiger partial charge in [0.1, 0.15) is 0 Å². The number of hydrogen-bond acceptors (Lipinski definition) is 0. The van der Waals surface area contributed by atoms with Crippen LogP contribution in [0.1, 0.15) is 0 Å². The fourth-order valence-electron chi connectivity index (χ4n) is 8.74. The van der Waals surface area contributed by atoms with E-state index in [1.165, 1.54) is 88.1 Å². The average molecular weight is 713 g/mol. The molecule has 11 rings (SSSR count). The highest BCUT2D eigenvalue weighted by Crippen LogP contribution is 2.44. The molecule has 9 aromatic carbocycles. The fourth-order valence-corrected chi connectivity index (χ4v) is 8.74. The third kappa shape index (κ3) is 5.26. The summed E-state index contributed by atoms with van der Waals surface area (Å²) in [5.74, 6) is 0. The summed E-state index contributed by atoms with van der Waals surface area (Å²) in [6.45, 7) is 0. The molecule has 0 N–H and O–H groups in total. The molecule has 0 aliphatic heterocycles. The largest absolute Gasteiger partial charge is 0.309 e. The van der Waals surface area contributed by atoms with E-state index in [0.29, 0.717) is 0 Å². The first kappa shape index (κ1) is 32.0. The SMILES string of the molecule is c1ccc(-c2cc(-c3ccccc3)cc(-n3c4ccccc4c4c5c6ccccc6n(-c6cc(-c7ccccc7)cc(-c7ccccc7)c6)c5ccc43)c2)cc1. The van der Waals surface area contributed by atoms with Crippen molar-refractivity contribution in [1.82, 2.24) is 9.13 Å². The molecule has 56 heavy (non-hydrogen) atoms. The first-order valence-electron chi connectivity index (χ1n) is 19.3. The molecule has 2 heteroatoms. The van der Waals surface area contributed by atoms with Crippen molar-refractivity contribution in [1.29, 1.82) is 0 Å². The highest BCUT2D eigenvalue weighted by Gasteiger charge is 2.22. The van der Waals surface area contributed by atoms with Crippen LogP contribution < -0.4 is 0 Å². The maximum atomic E-state index is 2.47. The fraction of sp³-hybridized carbons (Fsp3) is 0. The van der Waals surface area contributed by atoms with Crippen molar-refractivity contribution in [2.24, 2.45) is 0 Å². The highest BCUT2D eigenvalue weighted by molar-refractivity contribution is 6.29. The van der Waals surface area contributed by atoms with Gasteiger partial charge in [-0.15, -0.1) is 0 Å². The van der Waals surface area contributed by atoms with E-state index in [1.807, 2.05) is 0 Å². The van der Waals surface area contributed by atoms with Crippen molar-refractivity contribution < 1.29 is 0 Å². The molecule has 0 amide bonds. The van der Waals surface area contributed by atoms with Crippen LogP contribution in [0.4, 0.5) is 0 Å². The lowest BCUT2D eigenvalue weighted by Crippen LogP contribution is -1.97. The molecule has 0 atom stereocenters. The predicted octanol–water partition coefficient (Wildman–Crippen LogP) is 14.5. The van der Waals surface area contributed by atoms with Crippen LogP contribution in [-0.2, 0) is 0 Å². The van der Waals surface area contributed by atoms with Crippen molar-refractivity contribution >= 4 is 43.6 Å². The van der Waals surface area contributed by atoms with Gasteiger partial charge in [-0.2, -0.15) is 0 Å². The van der Waals surface area contributed by atoms with E-state index in [4.69, 9.17) is 0 Å². The van der Waals surface area contributed by atoms with Crippen LogP contribution in [-0.4, -0.2) is 9.13 Å². The predicted molar refractivity (Wildman–Crippen MR) is 237 cm³/mol. The maximum Gasteiger partial charge on any atom is 0.0548 e. The van der Waals surface area contributed by atoms with Crippen LogP contribution in [0.2, 0.25) is 0 Å². The second-order valence-corrected chi connectivity index (χ2v) is 14.6. The van der Waals surface area contributed by atoms with E-state index in [2.05, 4.69) is 228 Å². The standard InChI is InChI=1S/C54H36N2/c1-5-17-37(18-6-1)41-31-42(38-19-7-2-8-20-38)34-45(33-41)55-49-27-15-13-25-47(49)53-51(55)29-30-52-54(53)48-26-14-16-28-50(48)56(52)46-35-43(39-21-9-3-10-22-39)32-44(36-46)40-23-11-4-12-24-40/h1-36H. The molecule has 0 spiro atoms. The summed E-state index contributed by atoms with van der Waals surface area (Å²) in [5.41, 5.74) is 16.6. The Morgan fingerprint density at radius 1 is 0.214 bits per heavy atom. The zero-order chi connectivity index (χ0) is 37.0. The van der Waals surface area contributed by atoms with Crippen molar-refractivity contribution in [3.05, 3.63) is 218 Å². The number of aromatic nitrogens is 2. The molecule has 2 aromatic heterocycles. The number of para-hydroxylation sites is 2. The van der Waals surface area contributed by atoms with Gasteiger partial charge in [0.2, 0.25) is 0 Å². The second-order valence-electron chi connectivity index (χ2n) is 14.6. The molecule has 0 saturated heterocycles. The Balaban J connectivity index is 1.22. The lowest BCUT2D eigenvalue weighted by molar-refractivity contribution is 1.17. The second kappa shape index (κ2) is 13.2. The molecule has 0 radical (unpaired) electrons. The topological polar surface area (TPSA) is 9.86 Å². The molecule has 0 saturated carbocycles. The van der Waals surface area contributed by atoms with Crippen LogP contribution in [0.15, 0.2) is 218 Å². The minimum atomic E-state index is 1.14. The van der Waals surface area contributed by atoms with Gasteiger partial charge in [-0.3, -0.25) is 0 Å². The maximum absolute atomic E-state index is 2.47. The Morgan fingerprint density at radius 3 is 0.821 bits per heavy atom. The van der Waals surface area contributed by atoms with Gasteiger partial charge in [0, 0.05) is 32.9 Å². The smallest absolute Gasteiger partial charge is 0.0548 e. The summed E-state index contributed by atoms with van der Waals surface area (Å²) >= 11 is 0. The molecule has 262 valence electrons. The summed E-state index contributed by atoms with van der Waals surface area (Å²) in [7, 11) is 0. The van der Waals surface area contributed by atoms with Crippen LogP contribution in [0.3, 0.4) is 0 Å². The van der Waals surface area contributed by atoms with E-state index in [9.17, 15) is 0 Å². The molecule has 11 aromatic rings. The van der Waals surface area contributed by atoms with E-state index in [1.54, 1.807) is 0 Å². The van der Waals surface area contributed by atoms with Crippen molar-refractivity contribution in [2.45, 2.75) is 0 Å². The Bertz CT molecular complexity index is 2870. The van der Waals surface area contributed by atoms with Crippen LogP contribution >= 0.6 is 0 Å². The molecular formula is C54H36N2. The molecule has 2 nitrogen and oxygen atoms in total. The van der Waals surface area contributed by atoms with Gasteiger partial charge < -0.3 is 9.13 Å². The van der Waals surface area contributed by atoms with E-state index in [-0.39, 0.29) is 0 Å². The van der Waals surface area contributed by atoms with Gasteiger partial charge in [0.05, 0.1) is 22.1 Å². The quantitative estimate of drug-likeness (QED) is 0.162. The summed E-state index contributed by atoms with van der Waals surface area (Å²) in [5, 5.41) is 5.01. The van der Waals surface area contributed by atoms with E-state index >= 15 is 0 Å². The third-order valence-corrected chi connectivity index (χ3v) is 11.3. The first-order chi connectivity index (χ1) is 27.8. The van der Waals surface area contributed by atoms with E-state index in [0.717, 1.165) is 11.4 Å². The van der Waals surface area contributed by atoms with E-state index < -0.39 is 0 Å². The Morgan fingerprint density at radius 2 is 0.500 bits per heavy atom. The molecule has 0 aliphatic carbocycles. The van der Waals surface area contributed by atoms with Gasteiger partial charge in [-0.1, -0.05) is 158 Å². The van der Waals surface area contributed by atoms with Gasteiger partial charge in [0.25, 0.3) is 0 Å². The third-order valence-electron chi connectivity index (χ3n) is 11.3. The summed E-state index contributed by atoms with van der Waals surface area (Å²) in [6, 6.07) is 79.4. The Kier molecular flexibility index (Phi) is 7.53. The summed E-state index contributed by atoms with van der Waals surface area (Å²) in [4.78, 5) is 0. The molecular weight excluding hydrogens is 677 g/mol. The summed E-state index contributed by atoms with van der Waals surface area (Å²) in [6.07, 6.45) is 0. The van der Waals surface area contributed by atoms with Gasteiger partial charge in [0.15, 0.2) is 0 Å². The van der Waals surface area contributed by atoms with Crippen LogP contribution in [0.25, 0.3) is 99.5 Å².